The number of hydrogen-bond donors (Lipinski definition) is 1. The van der Waals surface area contributed by atoms with Crippen LogP contribution in [0.1, 0.15) is 6.92 Å². The van der Waals surface area contributed by atoms with Crippen molar-refractivity contribution in [2.45, 2.75) is 13.3 Å². The van der Waals surface area contributed by atoms with E-state index in [0.29, 0.717) is 19.8 Å². The van der Waals surface area contributed by atoms with E-state index >= 15 is 0 Å². The molecular formula is C7H13F2NO. The third kappa shape index (κ3) is 2.71. The average molecular weight is 165 g/mol. The molecule has 1 N–H and O–H groups in total. The molecule has 1 saturated heterocycles. The van der Waals surface area contributed by atoms with Crippen molar-refractivity contribution in [3.8, 4) is 0 Å². The number of halogens is 2. The Morgan fingerprint density at radius 1 is 1.55 bits per heavy atom. The minimum absolute atomic E-state index is 0.0922. The zero-order chi connectivity index (χ0) is 8.32. The lowest BCUT2D eigenvalue weighted by Crippen LogP contribution is -2.48. The normalized spacial score (nSPS) is 21.8. The van der Waals surface area contributed by atoms with Crippen LogP contribution in [0.15, 0.2) is 0 Å². The van der Waals surface area contributed by atoms with Gasteiger partial charge < -0.3 is 10.1 Å². The lowest BCUT2D eigenvalue weighted by Gasteiger charge is -2.38. The Hall–Kier alpha value is -0.220. The summed E-state index contributed by atoms with van der Waals surface area (Å²) in [5.74, 6) is 0. The Labute approximate surface area is 64.9 Å². The van der Waals surface area contributed by atoms with Gasteiger partial charge in [0.25, 0.3) is 6.43 Å². The number of rotatable bonds is 4. The molecule has 0 bridgehead atoms. The van der Waals surface area contributed by atoms with Crippen LogP contribution in [0.4, 0.5) is 8.78 Å². The standard InChI is InChI=1S/C7H13F2NO/c1-7(4-11-5-7)3-10-2-6(8)9/h6,10H,2-5H2,1H3. The van der Waals surface area contributed by atoms with E-state index in [1.165, 1.54) is 0 Å². The smallest absolute Gasteiger partial charge is 0.250 e. The van der Waals surface area contributed by atoms with Crippen LogP contribution in [0.25, 0.3) is 0 Å². The molecule has 11 heavy (non-hydrogen) atoms. The molecule has 0 aromatic carbocycles. The Balaban J connectivity index is 2.02. The number of hydrogen-bond acceptors (Lipinski definition) is 2. The van der Waals surface area contributed by atoms with Crippen LogP contribution >= 0.6 is 0 Å². The highest BCUT2D eigenvalue weighted by molar-refractivity contribution is 4.82. The number of ether oxygens (including phenoxy) is 1. The first kappa shape index (κ1) is 8.87. The molecule has 0 amide bonds. The average Bonchev–Trinajstić information content (AvgIpc) is 1.83. The molecule has 0 unspecified atom stereocenters. The Kier molecular flexibility index (Phi) is 2.78. The second kappa shape index (κ2) is 3.45. The monoisotopic (exact) mass is 165 g/mol. The highest BCUT2D eigenvalue weighted by Gasteiger charge is 2.32. The minimum Gasteiger partial charge on any atom is -0.380 e. The van der Waals surface area contributed by atoms with Gasteiger partial charge in [-0.15, -0.1) is 0 Å². The lowest BCUT2D eigenvalue weighted by molar-refractivity contribution is -0.0998. The van der Waals surface area contributed by atoms with Crippen LogP contribution in [0.3, 0.4) is 0 Å². The predicted molar refractivity (Wildman–Crippen MR) is 37.8 cm³/mol. The molecule has 4 heteroatoms. The third-order valence-electron chi connectivity index (χ3n) is 1.75. The maximum Gasteiger partial charge on any atom is 0.250 e. The van der Waals surface area contributed by atoms with Crippen LogP contribution in [-0.2, 0) is 4.74 Å². The second-order valence-electron chi connectivity index (χ2n) is 3.33. The van der Waals surface area contributed by atoms with Gasteiger partial charge in [-0.3, -0.25) is 0 Å². The fourth-order valence-electron chi connectivity index (χ4n) is 1.04. The van der Waals surface area contributed by atoms with Crippen LogP contribution in [-0.4, -0.2) is 32.7 Å². The van der Waals surface area contributed by atoms with Crippen molar-refractivity contribution in [3.63, 3.8) is 0 Å². The van der Waals surface area contributed by atoms with Crippen LogP contribution < -0.4 is 5.32 Å². The van der Waals surface area contributed by atoms with Crippen molar-refractivity contribution >= 4 is 0 Å². The van der Waals surface area contributed by atoms with Gasteiger partial charge in [0.1, 0.15) is 0 Å². The van der Waals surface area contributed by atoms with E-state index in [4.69, 9.17) is 4.74 Å². The van der Waals surface area contributed by atoms with Gasteiger partial charge in [0.2, 0.25) is 0 Å². The zero-order valence-electron chi connectivity index (χ0n) is 6.57. The van der Waals surface area contributed by atoms with Crippen molar-refractivity contribution in [1.29, 1.82) is 0 Å². The summed E-state index contributed by atoms with van der Waals surface area (Å²) in [6, 6.07) is 0. The molecule has 1 aliphatic rings. The molecule has 0 saturated carbocycles. The molecular weight excluding hydrogens is 152 g/mol. The van der Waals surface area contributed by atoms with Crippen molar-refractivity contribution in [2.24, 2.45) is 5.41 Å². The minimum atomic E-state index is -2.25. The van der Waals surface area contributed by atoms with Crippen molar-refractivity contribution in [3.05, 3.63) is 0 Å². The van der Waals surface area contributed by atoms with Gasteiger partial charge in [-0.05, 0) is 0 Å². The molecule has 1 fully saturated rings. The summed E-state index contributed by atoms with van der Waals surface area (Å²) in [6.45, 7) is 3.80. The van der Waals surface area contributed by atoms with Gasteiger partial charge in [0, 0.05) is 12.0 Å². The Morgan fingerprint density at radius 2 is 2.18 bits per heavy atom. The van der Waals surface area contributed by atoms with E-state index in [1.807, 2.05) is 6.92 Å². The molecule has 66 valence electrons. The molecule has 1 rings (SSSR count). The topological polar surface area (TPSA) is 21.3 Å². The Morgan fingerprint density at radius 3 is 2.55 bits per heavy atom. The molecule has 0 atom stereocenters. The van der Waals surface area contributed by atoms with E-state index in [1.54, 1.807) is 0 Å². The summed E-state index contributed by atoms with van der Waals surface area (Å²) in [6.07, 6.45) is -2.25. The first-order valence-electron chi connectivity index (χ1n) is 3.69. The van der Waals surface area contributed by atoms with Crippen LogP contribution in [0.5, 0.6) is 0 Å². The highest BCUT2D eigenvalue weighted by atomic mass is 19.3. The fourth-order valence-corrected chi connectivity index (χ4v) is 1.04. The van der Waals surface area contributed by atoms with Gasteiger partial charge in [-0.1, -0.05) is 6.92 Å². The zero-order valence-corrected chi connectivity index (χ0v) is 6.57. The van der Waals surface area contributed by atoms with Gasteiger partial charge in [-0.25, -0.2) is 8.78 Å². The summed E-state index contributed by atoms with van der Waals surface area (Å²) >= 11 is 0. The summed E-state index contributed by atoms with van der Waals surface area (Å²) < 4.78 is 28.2. The SMILES string of the molecule is CC1(CNCC(F)F)COC1. The van der Waals surface area contributed by atoms with Crippen LogP contribution in [0.2, 0.25) is 0 Å². The summed E-state index contributed by atoms with van der Waals surface area (Å²) in [5, 5.41) is 2.70. The number of nitrogens with one attached hydrogen (secondary N) is 1. The first-order valence-corrected chi connectivity index (χ1v) is 3.69. The molecule has 1 aliphatic heterocycles. The summed E-state index contributed by atoms with van der Waals surface area (Å²) in [7, 11) is 0. The third-order valence-corrected chi connectivity index (χ3v) is 1.75. The van der Waals surface area contributed by atoms with Crippen molar-refractivity contribution in [2.75, 3.05) is 26.3 Å². The molecule has 0 aromatic heterocycles. The van der Waals surface area contributed by atoms with Gasteiger partial charge >= 0.3 is 0 Å². The molecule has 0 radical (unpaired) electrons. The second-order valence-corrected chi connectivity index (χ2v) is 3.33. The lowest BCUT2D eigenvalue weighted by atomic mass is 9.89. The van der Waals surface area contributed by atoms with Crippen LogP contribution in [0, 0.1) is 5.41 Å². The highest BCUT2D eigenvalue weighted by Crippen LogP contribution is 2.24. The largest absolute Gasteiger partial charge is 0.380 e. The maximum absolute atomic E-state index is 11.6. The van der Waals surface area contributed by atoms with Gasteiger partial charge in [0.15, 0.2) is 0 Å². The first-order chi connectivity index (χ1) is 5.12. The molecule has 1 heterocycles. The summed E-state index contributed by atoms with van der Waals surface area (Å²) in [4.78, 5) is 0. The van der Waals surface area contributed by atoms with Gasteiger partial charge in [-0.2, -0.15) is 0 Å². The summed E-state index contributed by atoms with van der Waals surface area (Å²) in [5.41, 5.74) is 0.0922. The maximum atomic E-state index is 11.6. The van der Waals surface area contributed by atoms with E-state index in [9.17, 15) is 8.78 Å². The quantitative estimate of drug-likeness (QED) is 0.667. The van der Waals surface area contributed by atoms with Crippen molar-refractivity contribution in [1.82, 2.24) is 5.32 Å². The molecule has 2 nitrogen and oxygen atoms in total. The molecule has 0 aromatic rings. The molecule has 0 spiro atoms. The van der Waals surface area contributed by atoms with Gasteiger partial charge in [0.05, 0.1) is 19.8 Å². The van der Waals surface area contributed by atoms with E-state index in [-0.39, 0.29) is 12.0 Å². The van der Waals surface area contributed by atoms with E-state index < -0.39 is 6.43 Å². The fraction of sp³-hybridized carbons (Fsp3) is 1.00. The van der Waals surface area contributed by atoms with E-state index in [2.05, 4.69) is 5.32 Å². The predicted octanol–water partition coefficient (Wildman–Crippen LogP) is 0.878. The number of alkyl halides is 2. The van der Waals surface area contributed by atoms with E-state index in [0.717, 1.165) is 0 Å². The van der Waals surface area contributed by atoms with Crippen molar-refractivity contribution < 1.29 is 13.5 Å². The molecule has 0 aliphatic carbocycles. The Bertz CT molecular complexity index is 126.